The second-order valence-electron chi connectivity index (χ2n) is 2.15. The van der Waals surface area contributed by atoms with Crippen molar-refractivity contribution in [1.29, 1.82) is 0 Å². The summed E-state index contributed by atoms with van der Waals surface area (Å²) in [5.41, 5.74) is 0. The number of carbonyl (C=O) groups excluding carboxylic acids is 2. The van der Waals surface area contributed by atoms with Gasteiger partial charge in [-0.25, -0.2) is 0 Å². The molecule has 0 saturated carbocycles. The molecule has 0 heterocycles. The molecule has 0 unspecified atom stereocenters. The molecule has 0 saturated heterocycles. The molecule has 0 N–H and O–H groups in total. The largest absolute Gasteiger partial charge is 3.00 e. The predicted molar refractivity (Wildman–Crippen MR) is 76.9 cm³/mol. The first-order valence-corrected chi connectivity index (χ1v) is 4.29. The van der Waals surface area contributed by atoms with Crippen molar-refractivity contribution in [1.82, 2.24) is 0 Å². The fourth-order valence-corrected chi connectivity index (χ4v) is 0.684. The van der Waals surface area contributed by atoms with E-state index < -0.39 is 0 Å². The average Bonchev–Trinajstić information content (AvgIpc) is 2.48. The van der Waals surface area contributed by atoms with Crippen molar-refractivity contribution in [3.8, 4) is 0 Å². The van der Waals surface area contributed by atoms with Crippen molar-refractivity contribution in [2.24, 2.45) is 0 Å². The Hall–Kier alpha value is -0.921. The van der Waals surface area contributed by atoms with Gasteiger partial charge in [-0.2, -0.15) is 72.8 Å². The minimum atomic E-state index is 0. The van der Waals surface area contributed by atoms with Gasteiger partial charge in [0.25, 0.3) is 0 Å². The third-order valence-electron chi connectivity index (χ3n) is 1.21. The Bertz CT molecular complexity index is 218. The molecule has 0 aliphatic heterocycles. The molecule has 112 valence electrons. The maximum atomic E-state index is 7.75. The van der Waals surface area contributed by atoms with Crippen LogP contribution in [-0.4, -0.2) is 13.6 Å². The molecule has 2 aromatic carbocycles. The second kappa shape index (κ2) is 43.0. The summed E-state index contributed by atoms with van der Waals surface area (Å²) in [6, 6.07) is 25.0. The molecule has 2 aromatic rings. The smallest absolute Gasteiger partial charge is 0.545 e. The van der Waals surface area contributed by atoms with Gasteiger partial charge in [-0.3, -0.25) is 13.6 Å². The second-order valence-corrected chi connectivity index (χ2v) is 2.15. The molecule has 0 spiro atoms. The van der Waals surface area contributed by atoms with E-state index in [0.29, 0.717) is 0 Å². The molecule has 0 aliphatic rings. The molecular formula is C16H18Ir2O2. The Morgan fingerprint density at radius 1 is 0.500 bits per heavy atom. The Kier molecular flexibility index (Phi) is 78.3. The van der Waals surface area contributed by atoms with Crippen LogP contribution in [0.3, 0.4) is 0 Å². The molecular weight excluding hydrogens is 609 g/mol. The van der Waals surface area contributed by atoms with Gasteiger partial charge in [-0.05, 0) is 0 Å². The molecule has 0 amide bonds. The fourth-order valence-electron chi connectivity index (χ4n) is 0.684. The summed E-state index contributed by atoms with van der Waals surface area (Å²) in [6.45, 7) is 6.50. The minimum absolute atomic E-state index is 0. The molecule has 20 heavy (non-hydrogen) atoms. The monoisotopic (exact) mass is 628 g/mol. The van der Waals surface area contributed by atoms with E-state index in [9.17, 15) is 0 Å². The molecule has 0 atom stereocenters. The molecule has 0 radical (unpaired) electrons. The molecule has 0 bridgehead atoms. The zero-order valence-electron chi connectivity index (χ0n) is 11.4. The van der Waals surface area contributed by atoms with Gasteiger partial charge in [0.2, 0.25) is 0 Å². The van der Waals surface area contributed by atoms with Gasteiger partial charge in [-0.15, -0.1) is 0 Å². The van der Waals surface area contributed by atoms with Crippen molar-refractivity contribution in [2.45, 2.75) is 0 Å². The zero-order valence-corrected chi connectivity index (χ0v) is 16.2. The minimum Gasteiger partial charge on any atom is -0.545 e. The average molecular weight is 627 g/mol. The summed E-state index contributed by atoms with van der Waals surface area (Å²) in [7, 11) is 0. The van der Waals surface area contributed by atoms with Crippen molar-refractivity contribution in [3.63, 3.8) is 0 Å². The van der Waals surface area contributed by atoms with E-state index in [1.54, 1.807) is 0 Å². The number of hydrogen-bond donors (Lipinski definition) is 0. The Balaban J connectivity index is -0.0000000339. The summed E-state index contributed by atoms with van der Waals surface area (Å²) in [5.74, 6) is 0. The first kappa shape index (κ1) is 36.5. The van der Waals surface area contributed by atoms with Crippen LogP contribution in [0.5, 0.6) is 0 Å². The van der Waals surface area contributed by atoms with E-state index in [0.717, 1.165) is 0 Å². The topological polar surface area (TPSA) is 34.1 Å². The summed E-state index contributed by atoms with van der Waals surface area (Å²) in [6.07, 6.45) is 0. The number of hydrogen-bond acceptors (Lipinski definition) is 2. The van der Waals surface area contributed by atoms with Crippen LogP contribution < -0.4 is 0 Å². The first-order valence-electron chi connectivity index (χ1n) is 4.29. The SMILES string of the molecule is [CH-]=O.[CH-]=O.[CH3-].[CH3-].[Ir+3].[Ir+3].[c-]1ccccc1.[c-]1ccccc1. The van der Waals surface area contributed by atoms with Crippen molar-refractivity contribution in [3.05, 3.63) is 87.6 Å². The molecule has 0 aliphatic carbocycles. The van der Waals surface area contributed by atoms with Gasteiger partial charge in [0.1, 0.15) is 0 Å². The van der Waals surface area contributed by atoms with Crippen LogP contribution in [0.15, 0.2) is 60.7 Å². The summed E-state index contributed by atoms with van der Waals surface area (Å²) in [4.78, 5) is 15.5. The quantitative estimate of drug-likeness (QED) is 0.333. The summed E-state index contributed by atoms with van der Waals surface area (Å²) < 4.78 is 0. The van der Waals surface area contributed by atoms with Gasteiger partial charge >= 0.3 is 40.2 Å². The van der Waals surface area contributed by atoms with E-state index in [4.69, 9.17) is 9.59 Å². The maximum Gasteiger partial charge on any atom is 3.00 e. The first-order chi connectivity index (χ1) is 8.00. The van der Waals surface area contributed by atoms with Gasteiger partial charge in [0, 0.05) is 0 Å². The van der Waals surface area contributed by atoms with Crippen LogP contribution in [0.25, 0.3) is 0 Å². The standard InChI is InChI=1S/2C6H5.2CHO.2CH3.2Ir/c2*1-2-4-6-5-3-1;2*1-2;;;;/h2*1-5H;2*1H;2*1H3;;/q6*-1;2*+3. The maximum absolute atomic E-state index is 7.75. The molecule has 0 aromatic heterocycles. The Morgan fingerprint density at radius 2 is 0.700 bits per heavy atom. The van der Waals surface area contributed by atoms with Gasteiger partial charge in [-0.1, -0.05) is 0 Å². The van der Waals surface area contributed by atoms with Crippen LogP contribution in [0.2, 0.25) is 0 Å². The summed E-state index contributed by atoms with van der Waals surface area (Å²) >= 11 is 0. The Morgan fingerprint density at radius 3 is 0.750 bits per heavy atom. The number of benzene rings is 2. The molecule has 2 nitrogen and oxygen atoms in total. The zero-order chi connectivity index (χ0) is 12.5. The van der Waals surface area contributed by atoms with E-state index in [1.165, 1.54) is 0 Å². The molecule has 0 fully saturated rings. The summed E-state index contributed by atoms with van der Waals surface area (Å²) in [5, 5.41) is 0. The van der Waals surface area contributed by atoms with E-state index in [1.807, 2.05) is 60.7 Å². The van der Waals surface area contributed by atoms with Gasteiger partial charge < -0.3 is 24.4 Å². The van der Waals surface area contributed by atoms with Crippen molar-refractivity contribution < 1.29 is 49.8 Å². The van der Waals surface area contributed by atoms with Crippen LogP contribution in [0, 0.1) is 27.0 Å². The number of rotatable bonds is 0. The fraction of sp³-hybridized carbons (Fsp3) is 0. The van der Waals surface area contributed by atoms with Crippen LogP contribution in [-0.2, 0) is 49.8 Å². The van der Waals surface area contributed by atoms with Crippen LogP contribution in [0.4, 0.5) is 0 Å². The molecule has 4 heteroatoms. The third kappa shape index (κ3) is 36.0. The van der Waals surface area contributed by atoms with E-state index >= 15 is 0 Å². The van der Waals surface area contributed by atoms with Crippen molar-refractivity contribution in [2.75, 3.05) is 0 Å². The van der Waals surface area contributed by atoms with E-state index in [-0.39, 0.29) is 55.1 Å². The van der Waals surface area contributed by atoms with Gasteiger partial charge in [0.05, 0.1) is 0 Å². The van der Waals surface area contributed by atoms with Crippen LogP contribution in [0.1, 0.15) is 0 Å². The third-order valence-corrected chi connectivity index (χ3v) is 1.21. The van der Waals surface area contributed by atoms with E-state index in [2.05, 4.69) is 25.7 Å². The normalized spacial score (nSPS) is 5.20. The predicted octanol–water partition coefficient (Wildman–Crippen LogP) is 3.32. The van der Waals surface area contributed by atoms with Crippen molar-refractivity contribution >= 4 is 13.6 Å². The van der Waals surface area contributed by atoms with Gasteiger partial charge in [0.15, 0.2) is 0 Å². The molecule has 2 rings (SSSR count). The van der Waals surface area contributed by atoms with Crippen LogP contribution >= 0.6 is 0 Å². The Labute approximate surface area is 150 Å².